The van der Waals surface area contributed by atoms with Gasteiger partial charge in [-0.15, -0.1) is 0 Å². The number of amides is 1. The lowest BCUT2D eigenvalue weighted by atomic mass is 10.1. The Bertz CT molecular complexity index is 277. The van der Waals surface area contributed by atoms with Crippen LogP contribution in [0.25, 0.3) is 0 Å². The summed E-state index contributed by atoms with van der Waals surface area (Å²) in [6, 6.07) is 0. The van der Waals surface area contributed by atoms with Crippen LogP contribution >= 0.6 is 0 Å². The van der Waals surface area contributed by atoms with E-state index in [1.165, 1.54) is 25.7 Å². The van der Waals surface area contributed by atoms with Crippen LogP contribution in [0.5, 0.6) is 0 Å². The van der Waals surface area contributed by atoms with Gasteiger partial charge in [0.25, 0.3) is 0 Å². The molecule has 0 fully saturated rings. The lowest BCUT2D eigenvalue weighted by molar-refractivity contribution is -0.121. The van der Waals surface area contributed by atoms with Crippen LogP contribution in [-0.2, 0) is 4.79 Å². The highest BCUT2D eigenvalue weighted by Crippen LogP contribution is 2.04. The van der Waals surface area contributed by atoms with Crippen LogP contribution in [0.4, 0.5) is 0 Å². The molecule has 0 aliphatic rings. The Balaban J connectivity index is 3.19. The molecule has 0 aromatic heterocycles. The second-order valence-corrected chi connectivity index (χ2v) is 5.28. The lowest BCUT2D eigenvalue weighted by Crippen LogP contribution is -2.27. The van der Waals surface area contributed by atoms with Gasteiger partial charge in [0.1, 0.15) is 0 Å². The normalized spacial score (nSPS) is 10.3. The fourth-order valence-electron chi connectivity index (χ4n) is 1.96. The number of nitrogens with one attached hydrogen (secondary N) is 2. The third-order valence-electron chi connectivity index (χ3n) is 3.17. The number of unbranched alkanes of at least 4 members (excludes halogenated alkanes) is 4. The number of carbonyl (C=O) groups is 1. The molecule has 21 heavy (non-hydrogen) atoms. The topological polar surface area (TPSA) is 106 Å². The van der Waals surface area contributed by atoms with Gasteiger partial charge >= 0.3 is 0 Å². The molecule has 0 aliphatic carbocycles. The van der Waals surface area contributed by atoms with Crippen molar-refractivity contribution in [3.05, 3.63) is 0 Å². The molecule has 0 heterocycles. The maximum atomic E-state index is 11.5. The molecular weight excluding hydrogens is 266 g/mol. The second kappa shape index (κ2) is 15.1. The molecule has 0 unspecified atom stereocenters. The summed E-state index contributed by atoms with van der Waals surface area (Å²) in [5.74, 6) is 0.326. The molecule has 0 rings (SSSR count). The molecule has 0 saturated carbocycles. The standard InChI is InChI=1S/C15H33N5O/c1-2-3-4-5-6-9-14(21)19-12-7-10-18-11-8-13-20-15(16)17/h18H,2-13H2,1H3,(H,19,21)(H4,16,17,20). The Morgan fingerprint density at radius 1 is 0.952 bits per heavy atom. The molecule has 124 valence electrons. The van der Waals surface area contributed by atoms with Crippen molar-refractivity contribution in [2.24, 2.45) is 16.5 Å². The zero-order valence-electron chi connectivity index (χ0n) is 13.5. The monoisotopic (exact) mass is 299 g/mol. The molecule has 1 amide bonds. The first-order valence-electron chi connectivity index (χ1n) is 8.19. The molecule has 0 atom stereocenters. The maximum absolute atomic E-state index is 11.5. The van der Waals surface area contributed by atoms with E-state index in [2.05, 4.69) is 22.5 Å². The fraction of sp³-hybridized carbons (Fsp3) is 0.867. The van der Waals surface area contributed by atoms with Gasteiger partial charge in [-0.2, -0.15) is 0 Å². The van der Waals surface area contributed by atoms with Crippen LogP contribution in [0.1, 0.15) is 58.3 Å². The van der Waals surface area contributed by atoms with Gasteiger partial charge in [0, 0.05) is 19.5 Å². The van der Waals surface area contributed by atoms with Crippen molar-refractivity contribution in [2.75, 3.05) is 26.2 Å². The Kier molecular flexibility index (Phi) is 14.2. The van der Waals surface area contributed by atoms with E-state index in [0.29, 0.717) is 13.0 Å². The molecule has 6 N–H and O–H groups in total. The first-order valence-corrected chi connectivity index (χ1v) is 8.19. The van der Waals surface area contributed by atoms with Crippen molar-refractivity contribution in [2.45, 2.75) is 58.3 Å². The third kappa shape index (κ3) is 16.6. The number of nitrogens with zero attached hydrogens (tertiary/aromatic N) is 1. The van der Waals surface area contributed by atoms with Crippen LogP contribution in [0.15, 0.2) is 4.99 Å². The molecule has 0 aromatic rings. The average molecular weight is 299 g/mol. The van der Waals surface area contributed by atoms with Crippen molar-refractivity contribution < 1.29 is 4.79 Å². The molecule has 0 aromatic carbocycles. The van der Waals surface area contributed by atoms with Gasteiger partial charge in [0.15, 0.2) is 5.96 Å². The number of hydrogen-bond acceptors (Lipinski definition) is 3. The smallest absolute Gasteiger partial charge is 0.219 e. The summed E-state index contributed by atoms with van der Waals surface area (Å²) in [5, 5.41) is 6.25. The molecule has 0 radical (unpaired) electrons. The van der Waals surface area contributed by atoms with Gasteiger partial charge in [0.05, 0.1) is 0 Å². The average Bonchev–Trinajstić information content (AvgIpc) is 2.45. The van der Waals surface area contributed by atoms with Crippen molar-refractivity contribution in [3.63, 3.8) is 0 Å². The predicted octanol–water partition coefficient (Wildman–Crippen LogP) is 1.11. The summed E-state index contributed by atoms with van der Waals surface area (Å²) in [6.07, 6.45) is 8.46. The van der Waals surface area contributed by atoms with Crippen LogP contribution in [-0.4, -0.2) is 38.0 Å². The molecule has 0 spiro atoms. The molecule has 6 heteroatoms. The van der Waals surface area contributed by atoms with E-state index in [1.807, 2.05) is 0 Å². The van der Waals surface area contributed by atoms with Gasteiger partial charge in [-0.25, -0.2) is 0 Å². The molecule has 0 aliphatic heterocycles. The lowest BCUT2D eigenvalue weighted by Gasteiger charge is -2.06. The summed E-state index contributed by atoms with van der Waals surface area (Å²) in [7, 11) is 0. The predicted molar refractivity (Wildman–Crippen MR) is 89.2 cm³/mol. The zero-order valence-corrected chi connectivity index (χ0v) is 13.5. The van der Waals surface area contributed by atoms with Crippen LogP contribution in [0.2, 0.25) is 0 Å². The Labute approximate surface area is 129 Å². The van der Waals surface area contributed by atoms with Crippen molar-refractivity contribution >= 4 is 11.9 Å². The number of aliphatic imine (C=N–C) groups is 1. The van der Waals surface area contributed by atoms with Crippen LogP contribution in [0.3, 0.4) is 0 Å². The zero-order chi connectivity index (χ0) is 15.8. The fourth-order valence-corrected chi connectivity index (χ4v) is 1.96. The highest BCUT2D eigenvalue weighted by Gasteiger charge is 1.99. The quantitative estimate of drug-likeness (QED) is 0.219. The summed E-state index contributed by atoms with van der Waals surface area (Å²) in [4.78, 5) is 15.4. The van der Waals surface area contributed by atoms with Crippen LogP contribution < -0.4 is 22.1 Å². The van der Waals surface area contributed by atoms with Gasteiger partial charge in [-0.3, -0.25) is 9.79 Å². The van der Waals surface area contributed by atoms with E-state index in [0.717, 1.165) is 38.9 Å². The number of hydrogen-bond donors (Lipinski definition) is 4. The summed E-state index contributed by atoms with van der Waals surface area (Å²) in [5.41, 5.74) is 10.5. The minimum atomic E-state index is 0.146. The van der Waals surface area contributed by atoms with Crippen molar-refractivity contribution in [1.82, 2.24) is 10.6 Å². The summed E-state index contributed by atoms with van der Waals surface area (Å²) in [6.45, 7) is 5.39. The first-order chi connectivity index (χ1) is 10.2. The van der Waals surface area contributed by atoms with Gasteiger partial charge in [0.2, 0.25) is 5.91 Å². The number of nitrogens with two attached hydrogens (primary N) is 2. The second-order valence-electron chi connectivity index (χ2n) is 5.28. The third-order valence-corrected chi connectivity index (χ3v) is 3.17. The van der Waals surface area contributed by atoms with E-state index in [-0.39, 0.29) is 11.9 Å². The van der Waals surface area contributed by atoms with E-state index in [1.54, 1.807) is 0 Å². The number of rotatable bonds is 14. The van der Waals surface area contributed by atoms with Crippen molar-refractivity contribution in [1.29, 1.82) is 0 Å². The maximum Gasteiger partial charge on any atom is 0.219 e. The molecule has 6 nitrogen and oxygen atoms in total. The highest BCUT2D eigenvalue weighted by molar-refractivity contribution is 5.75. The molecule has 0 saturated heterocycles. The Morgan fingerprint density at radius 3 is 2.38 bits per heavy atom. The SMILES string of the molecule is CCCCCCCC(=O)NCCCNCCCN=C(N)N. The minimum absolute atomic E-state index is 0.146. The molecular formula is C15H33N5O. The number of guanidine groups is 1. The highest BCUT2D eigenvalue weighted by atomic mass is 16.1. The van der Waals surface area contributed by atoms with E-state index in [9.17, 15) is 4.79 Å². The Hall–Kier alpha value is -1.30. The van der Waals surface area contributed by atoms with E-state index >= 15 is 0 Å². The minimum Gasteiger partial charge on any atom is -0.370 e. The van der Waals surface area contributed by atoms with E-state index in [4.69, 9.17) is 11.5 Å². The van der Waals surface area contributed by atoms with Gasteiger partial charge in [-0.05, 0) is 32.4 Å². The number of carbonyl (C=O) groups excluding carboxylic acids is 1. The van der Waals surface area contributed by atoms with Crippen molar-refractivity contribution in [3.8, 4) is 0 Å². The summed E-state index contributed by atoms with van der Waals surface area (Å²) >= 11 is 0. The van der Waals surface area contributed by atoms with Gasteiger partial charge < -0.3 is 22.1 Å². The molecule has 0 bridgehead atoms. The summed E-state index contributed by atoms with van der Waals surface area (Å²) < 4.78 is 0. The largest absolute Gasteiger partial charge is 0.370 e. The van der Waals surface area contributed by atoms with Crippen LogP contribution in [0, 0.1) is 0 Å². The van der Waals surface area contributed by atoms with Gasteiger partial charge in [-0.1, -0.05) is 32.6 Å². The Morgan fingerprint density at radius 2 is 1.67 bits per heavy atom. The first kappa shape index (κ1) is 19.7. The van der Waals surface area contributed by atoms with E-state index < -0.39 is 0 Å².